The topological polar surface area (TPSA) is 36.0 Å². The summed E-state index contributed by atoms with van der Waals surface area (Å²) in [7, 11) is 1.99. The number of carbonyl (C=O) groups is 1. The van der Waals surface area contributed by atoms with E-state index < -0.39 is 0 Å². The second-order valence-corrected chi connectivity index (χ2v) is 7.47. The van der Waals surface area contributed by atoms with Crippen molar-refractivity contribution < 1.29 is 9.53 Å². The van der Waals surface area contributed by atoms with Gasteiger partial charge in [-0.05, 0) is 45.2 Å². The Balaban J connectivity index is 1.42. The van der Waals surface area contributed by atoms with Crippen molar-refractivity contribution in [3.8, 4) is 5.75 Å². The Kier molecular flexibility index (Phi) is 6.93. The molecule has 2 aromatic carbocycles. The van der Waals surface area contributed by atoms with E-state index in [4.69, 9.17) is 4.74 Å². The van der Waals surface area contributed by atoms with Gasteiger partial charge in [0.2, 0.25) is 5.91 Å². The molecule has 0 bridgehead atoms. The number of hydrogen-bond acceptors (Lipinski definition) is 4. The molecule has 28 heavy (non-hydrogen) atoms. The molecule has 1 aliphatic heterocycles. The van der Waals surface area contributed by atoms with Crippen LogP contribution in [0.5, 0.6) is 5.75 Å². The molecule has 1 aliphatic rings. The summed E-state index contributed by atoms with van der Waals surface area (Å²) in [5, 5.41) is 0. The standard InChI is InChI=1S/C23H31N3O2/c1-19-9-11-22(12-10-19)28-18-17-24(3)20(2)23(27)26-15-13-25(14-16-26)21-7-5-4-6-8-21/h4-12,20H,13-18H2,1-3H3. The number of aryl methyl sites for hydroxylation is 1. The summed E-state index contributed by atoms with van der Waals surface area (Å²) in [6, 6.07) is 18.3. The lowest BCUT2D eigenvalue weighted by Crippen LogP contribution is -2.54. The number of ether oxygens (including phenoxy) is 1. The number of para-hydroxylation sites is 1. The van der Waals surface area contributed by atoms with E-state index in [9.17, 15) is 4.79 Å². The van der Waals surface area contributed by atoms with Gasteiger partial charge in [-0.3, -0.25) is 9.69 Å². The lowest BCUT2D eigenvalue weighted by molar-refractivity contribution is -0.136. The lowest BCUT2D eigenvalue weighted by atomic mass is 10.2. The van der Waals surface area contributed by atoms with Gasteiger partial charge in [0, 0.05) is 38.4 Å². The van der Waals surface area contributed by atoms with Gasteiger partial charge in [0.25, 0.3) is 0 Å². The molecule has 3 rings (SSSR count). The number of likely N-dealkylation sites (N-methyl/N-ethyl adjacent to an activating group) is 1. The first-order chi connectivity index (χ1) is 13.5. The summed E-state index contributed by atoms with van der Waals surface area (Å²) in [4.78, 5) is 19.3. The molecule has 1 heterocycles. The Bertz CT molecular complexity index is 740. The van der Waals surface area contributed by atoms with Crippen molar-refractivity contribution >= 4 is 11.6 Å². The minimum Gasteiger partial charge on any atom is -0.492 e. The van der Waals surface area contributed by atoms with Crippen LogP contribution in [0.3, 0.4) is 0 Å². The van der Waals surface area contributed by atoms with Crippen molar-refractivity contribution in [2.24, 2.45) is 0 Å². The first-order valence-electron chi connectivity index (χ1n) is 10.0. The highest BCUT2D eigenvalue weighted by atomic mass is 16.5. The van der Waals surface area contributed by atoms with Crippen LogP contribution < -0.4 is 9.64 Å². The minimum atomic E-state index is -0.148. The Morgan fingerprint density at radius 2 is 1.68 bits per heavy atom. The van der Waals surface area contributed by atoms with E-state index in [1.54, 1.807) is 0 Å². The maximum atomic E-state index is 12.9. The summed E-state index contributed by atoms with van der Waals surface area (Å²) in [5.41, 5.74) is 2.45. The summed E-state index contributed by atoms with van der Waals surface area (Å²) >= 11 is 0. The number of hydrogen-bond donors (Lipinski definition) is 0. The summed E-state index contributed by atoms with van der Waals surface area (Å²) in [5.74, 6) is 1.07. The molecule has 1 saturated heterocycles. The SMILES string of the molecule is Cc1ccc(OCCN(C)C(C)C(=O)N2CCN(c3ccccc3)CC2)cc1. The zero-order valence-corrected chi connectivity index (χ0v) is 17.2. The predicted octanol–water partition coefficient (Wildman–Crippen LogP) is 3.04. The zero-order valence-electron chi connectivity index (χ0n) is 17.2. The second kappa shape index (κ2) is 9.60. The maximum absolute atomic E-state index is 12.9. The average Bonchev–Trinajstić information content (AvgIpc) is 2.74. The molecule has 5 nitrogen and oxygen atoms in total. The van der Waals surface area contributed by atoms with Gasteiger partial charge >= 0.3 is 0 Å². The number of anilines is 1. The van der Waals surface area contributed by atoms with Crippen LogP contribution in [0.1, 0.15) is 12.5 Å². The largest absolute Gasteiger partial charge is 0.492 e. The summed E-state index contributed by atoms with van der Waals surface area (Å²) in [6.07, 6.45) is 0. The van der Waals surface area contributed by atoms with Gasteiger partial charge in [-0.15, -0.1) is 0 Å². The first-order valence-corrected chi connectivity index (χ1v) is 10.0. The summed E-state index contributed by atoms with van der Waals surface area (Å²) < 4.78 is 5.80. The molecule has 0 N–H and O–H groups in total. The number of benzene rings is 2. The highest BCUT2D eigenvalue weighted by Gasteiger charge is 2.27. The van der Waals surface area contributed by atoms with Gasteiger partial charge in [0.15, 0.2) is 0 Å². The van der Waals surface area contributed by atoms with Gasteiger partial charge in [0.05, 0.1) is 6.04 Å². The van der Waals surface area contributed by atoms with Crippen LogP contribution >= 0.6 is 0 Å². The highest BCUT2D eigenvalue weighted by Crippen LogP contribution is 2.16. The van der Waals surface area contributed by atoms with Crippen molar-refractivity contribution in [3.63, 3.8) is 0 Å². The fourth-order valence-electron chi connectivity index (χ4n) is 3.41. The number of rotatable bonds is 7. The number of nitrogens with zero attached hydrogens (tertiary/aromatic N) is 3. The maximum Gasteiger partial charge on any atom is 0.239 e. The molecule has 1 unspecified atom stereocenters. The van der Waals surface area contributed by atoms with E-state index in [0.29, 0.717) is 13.2 Å². The van der Waals surface area contributed by atoms with E-state index >= 15 is 0 Å². The molecule has 1 fully saturated rings. The summed E-state index contributed by atoms with van der Waals surface area (Å²) in [6.45, 7) is 8.62. The molecule has 5 heteroatoms. The van der Waals surface area contributed by atoms with Gasteiger partial charge in [-0.1, -0.05) is 35.9 Å². The van der Waals surface area contributed by atoms with Crippen LogP contribution in [0.25, 0.3) is 0 Å². The van der Waals surface area contributed by atoms with Crippen molar-refractivity contribution in [3.05, 3.63) is 60.2 Å². The van der Waals surface area contributed by atoms with Crippen molar-refractivity contribution in [2.75, 3.05) is 51.3 Å². The van der Waals surface area contributed by atoms with Crippen molar-refractivity contribution in [2.45, 2.75) is 19.9 Å². The van der Waals surface area contributed by atoms with E-state index in [1.165, 1.54) is 11.3 Å². The van der Waals surface area contributed by atoms with E-state index in [1.807, 2.05) is 49.2 Å². The molecule has 0 aromatic heterocycles. The van der Waals surface area contributed by atoms with Crippen LogP contribution in [0.15, 0.2) is 54.6 Å². The fraction of sp³-hybridized carbons (Fsp3) is 0.435. The number of piperazine rings is 1. The Morgan fingerprint density at radius 3 is 2.32 bits per heavy atom. The van der Waals surface area contributed by atoms with Gasteiger partial charge < -0.3 is 14.5 Å². The first kappa shape index (κ1) is 20.2. The van der Waals surface area contributed by atoms with E-state index in [0.717, 1.165) is 31.9 Å². The molecule has 1 atom stereocenters. The van der Waals surface area contributed by atoms with E-state index in [-0.39, 0.29) is 11.9 Å². The van der Waals surface area contributed by atoms with Crippen molar-refractivity contribution in [1.82, 2.24) is 9.80 Å². The molecule has 1 amide bonds. The predicted molar refractivity (Wildman–Crippen MR) is 114 cm³/mol. The smallest absolute Gasteiger partial charge is 0.239 e. The third-order valence-corrected chi connectivity index (χ3v) is 5.46. The Morgan fingerprint density at radius 1 is 1.04 bits per heavy atom. The van der Waals surface area contributed by atoms with Gasteiger partial charge in [0.1, 0.15) is 12.4 Å². The van der Waals surface area contributed by atoms with Gasteiger partial charge in [-0.2, -0.15) is 0 Å². The van der Waals surface area contributed by atoms with Crippen LogP contribution in [0, 0.1) is 6.92 Å². The van der Waals surface area contributed by atoms with E-state index in [2.05, 4.69) is 41.0 Å². The molecule has 2 aromatic rings. The normalized spacial score (nSPS) is 15.6. The molecule has 0 spiro atoms. The van der Waals surface area contributed by atoms with Gasteiger partial charge in [-0.25, -0.2) is 0 Å². The van der Waals surface area contributed by atoms with Crippen LogP contribution in [0.2, 0.25) is 0 Å². The molecule has 0 saturated carbocycles. The average molecular weight is 382 g/mol. The Hall–Kier alpha value is -2.53. The number of amides is 1. The van der Waals surface area contributed by atoms with Crippen LogP contribution in [-0.4, -0.2) is 68.1 Å². The quantitative estimate of drug-likeness (QED) is 0.739. The van der Waals surface area contributed by atoms with Crippen LogP contribution in [0.4, 0.5) is 5.69 Å². The molecule has 150 valence electrons. The monoisotopic (exact) mass is 381 g/mol. The van der Waals surface area contributed by atoms with Crippen molar-refractivity contribution in [1.29, 1.82) is 0 Å². The molecular weight excluding hydrogens is 350 g/mol. The second-order valence-electron chi connectivity index (χ2n) is 7.47. The number of carbonyl (C=O) groups excluding carboxylic acids is 1. The third kappa shape index (κ3) is 5.26. The van der Waals surface area contributed by atoms with Crippen LogP contribution in [-0.2, 0) is 4.79 Å². The molecular formula is C23H31N3O2. The molecule has 0 aliphatic carbocycles. The minimum absolute atomic E-state index is 0.148. The third-order valence-electron chi connectivity index (χ3n) is 5.46. The zero-order chi connectivity index (χ0) is 19.9. The molecule has 0 radical (unpaired) electrons. The fourth-order valence-corrected chi connectivity index (χ4v) is 3.41. The highest BCUT2D eigenvalue weighted by molar-refractivity contribution is 5.81. The Labute approximate surface area is 168 Å². The lowest BCUT2D eigenvalue weighted by Gasteiger charge is -2.38.